The van der Waals surface area contributed by atoms with E-state index in [1.807, 2.05) is 7.11 Å². The summed E-state index contributed by atoms with van der Waals surface area (Å²) in [5, 5.41) is 7.10. The molecule has 2 N–H and O–H groups in total. The topological polar surface area (TPSA) is 45.7 Å². The zero-order valence-corrected chi connectivity index (χ0v) is 17.9. The van der Waals surface area contributed by atoms with Crippen LogP contribution in [0.15, 0.2) is 4.99 Å². The maximum absolute atomic E-state index is 5.34. The van der Waals surface area contributed by atoms with E-state index in [0.717, 1.165) is 44.5 Å². The molecule has 0 aromatic rings. The van der Waals surface area contributed by atoms with Gasteiger partial charge in [0, 0.05) is 33.4 Å². The second kappa shape index (κ2) is 9.06. The molecule has 0 heterocycles. The summed E-state index contributed by atoms with van der Waals surface area (Å²) in [6.07, 6.45) is 12.2. The van der Waals surface area contributed by atoms with Crippen LogP contribution in [0.3, 0.4) is 0 Å². The van der Waals surface area contributed by atoms with Crippen LogP contribution in [0.25, 0.3) is 0 Å². The average Bonchev–Trinajstić information content (AvgIpc) is 3.47. The van der Waals surface area contributed by atoms with Crippen molar-refractivity contribution in [1.82, 2.24) is 10.6 Å². The van der Waals surface area contributed by atoms with Gasteiger partial charge in [-0.1, -0.05) is 12.8 Å². The zero-order valence-electron chi connectivity index (χ0n) is 15.5. The fraction of sp³-hybridized carbons (Fsp3) is 0.947. The van der Waals surface area contributed by atoms with Crippen molar-refractivity contribution in [1.29, 1.82) is 0 Å². The third-order valence-electron chi connectivity index (χ3n) is 6.36. The van der Waals surface area contributed by atoms with Gasteiger partial charge in [-0.05, 0) is 68.6 Å². The number of aliphatic imine (C=N–C) groups is 1. The van der Waals surface area contributed by atoms with E-state index in [4.69, 9.17) is 9.73 Å². The van der Waals surface area contributed by atoms with E-state index in [0.29, 0.717) is 10.8 Å². The third kappa shape index (κ3) is 5.23. The van der Waals surface area contributed by atoms with Crippen LogP contribution in [-0.4, -0.2) is 39.3 Å². The number of hydrogen-bond donors (Lipinski definition) is 2. The van der Waals surface area contributed by atoms with Crippen molar-refractivity contribution in [3.8, 4) is 0 Å². The summed E-state index contributed by atoms with van der Waals surface area (Å²) in [4.78, 5) is 4.97. The lowest BCUT2D eigenvalue weighted by Gasteiger charge is -2.27. The fourth-order valence-corrected chi connectivity index (χ4v) is 4.36. The second-order valence-corrected chi connectivity index (χ2v) is 8.14. The van der Waals surface area contributed by atoms with Crippen molar-refractivity contribution < 1.29 is 4.74 Å². The molecule has 24 heavy (non-hydrogen) atoms. The minimum Gasteiger partial charge on any atom is -0.385 e. The van der Waals surface area contributed by atoms with Crippen LogP contribution in [-0.2, 0) is 4.74 Å². The molecule has 0 aromatic carbocycles. The van der Waals surface area contributed by atoms with Crippen LogP contribution in [0.4, 0.5) is 0 Å². The van der Waals surface area contributed by atoms with Crippen molar-refractivity contribution in [2.24, 2.45) is 21.7 Å². The molecule has 3 aliphatic rings. The Kier molecular flexibility index (Phi) is 7.65. The maximum Gasteiger partial charge on any atom is 0.191 e. The molecule has 0 aromatic heterocycles. The van der Waals surface area contributed by atoms with E-state index >= 15 is 0 Å². The molecule has 3 saturated carbocycles. The van der Waals surface area contributed by atoms with Gasteiger partial charge in [0.05, 0.1) is 0 Å². The SMILES string of the molecule is CCNC(=NCC1(CCOC)CCCC1)NCC1(C2CC2)CC1.I. The highest BCUT2D eigenvalue weighted by molar-refractivity contribution is 14.0. The van der Waals surface area contributed by atoms with Crippen LogP contribution in [0.2, 0.25) is 0 Å². The molecule has 3 aliphatic carbocycles. The van der Waals surface area contributed by atoms with Crippen molar-refractivity contribution in [3.05, 3.63) is 0 Å². The van der Waals surface area contributed by atoms with Gasteiger partial charge in [0.25, 0.3) is 0 Å². The lowest BCUT2D eigenvalue weighted by molar-refractivity contribution is 0.141. The minimum absolute atomic E-state index is 0. The van der Waals surface area contributed by atoms with E-state index < -0.39 is 0 Å². The van der Waals surface area contributed by atoms with Gasteiger partial charge in [0.1, 0.15) is 0 Å². The number of ether oxygens (including phenoxy) is 1. The number of nitrogens with zero attached hydrogens (tertiary/aromatic N) is 1. The molecule has 140 valence electrons. The van der Waals surface area contributed by atoms with Crippen LogP contribution in [0, 0.1) is 16.7 Å². The van der Waals surface area contributed by atoms with Gasteiger partial charge in [-0.15, -0.1) is 24.0 Å². The van der Waals surface area contributed by atoms with Gasteiger partial charge in [-0.3, -0.25) is 4.99 Å². The molecule has 3 rings (SSSR count). The molecule has 3 fully saturated rings. The van der Waals surface area contributed by atoms with Crippen LogP contribution in [0.5, 0.6) is 0 Å². The predicted molar refractivity (Wildman–Crippen MR) is 111 cm³/mol. The molecule has 0 saturated heterocycles. The molecule has 5 heteroatoms. The Morgan fingerprint density at radius 1 is 1.12 bits per heavy atom. The van der Waals surface area contributed by atoms with Gasteiger partial charge in [-0.2, -0.15) is 0 Å². The third-order valence-corrected chi connectivity index (χ3v) is 6.36. The average molecular weight is 449 g/mol. The first-order chi connectivity index (χ1) is 11.2. The Morgan fingerprint density at radius 3 is 2.38 bits per heavy atom. The Bertz CT molecular complexity index is 413. The largest absolute Gasteiger partial charge is 0.385 e. The molecule has 0 spiro atoms. The predicted octanol–water partition coefficient (Wildman–Crippen LogP) is 3.95. The monoisotopic (exact) mass is 449 g/mol. The van der Waals surface area contributed by atoms with Gasteiger partial charge in [0.15, 0.2) is 5.96 Å². The molecule has 0 radical (unpaired) electrons. The Labute approximate surface area is 165 Å². The van der Waals surface area contributed by atoms with E-state index in [1.54, 1.807) is 0 Å². The van der Waals surface area contributed by atoms with E-state index in [1.165, 1.54) is 51.4 Å². The van der Waals surface area contributed by atoms with Gasteiger partial charge in [-0.25, -0.2) is 0 Å². The highest BCUT2D eigenvalue weighted by atomic mass is 127. The van der Waals surface area contributed by atoms with Crippen molar-refractivity contribution in [2.75, 3.05) is 33.4 Å². The molecular weight excluding hydrogens is 413 g/mol. The number of guanidine groups is 1. The maximum atomic E-state index is 5.34. The first-order valence-corrected chi connectivity index (χ1v) is 9.73. The standard InChI is InChI=1S/C19H35N3O.HI/c1-3-20-17(22-15-19(10-11-19)16-6-7-16)21-14-18(12-13-23-2)8-4-5-9-18;/h16H,3-15H2,1-2H3,(H2,20,21,22);1H. The van der Waals surface area contributed by atoms with E-state index in [-0.39, 0.29) is 24.0 Å². The molecule has 0 unspecified atom stereocenters. The summed E-state index contributed by atoms with van der Waals surface area (Å²) >= 11 is 0. The Balaban J connectivity index is 0.00000208. The molecule has 0 atom stereocenters. The number of nitrogens with one attached hydrogen (secondary N) is 2. The lowest BCUT2D eigenvalue weighted by Crippen LogP contribution is -2.41. The number of halogens is 1. The van der Waals surface area contributed by atoms with Crippen LogP contribution < -0.4 is 10.6 Å². The first kappa shape index (κ1) is 20.3. The Morgan fingerprint density at radius 2 is 1.83 bits per heavy atom. The van der Waals surface area contributed by atoms with Crippen molar-refractivity contribution >= 4 is 29.9 Å². The number of hydrogen-bond acceptors (Lipinski definition) is 2. The minimum atomic E-state index is 0. The number of methoxy groups -OCH3 is 1. The smallest absolute Gasteiger partial charge is 0.191 e. The van der Waals surface area contributed by atoms with Gasteiger partial charge < -0.3 is 15.4 Å². The fourth-order valence-electron chi connectivity index (χ4n) is 4.36. The molecule has 4 nitrogen and oxygen atoms in total. The highest BCUT2D eigenvalue weighted by Crippen LogP contribution is 2.60. The quantitative estimate of drug-likeness (QED) is 0.318. The molecular formula is C19H36IN3O. The van der Waals surface area contributed by atoms with E-state index in [2.05, 4.69) is 17.6 Å². The van der Waals surface area contributed by atoms with Gasteiger partial charge in [0.2, 0.25) is 0 Å². The van der Waals surface area contributed by atoms with E-state index in [9.17, 15) is 0 Å². The molecule has 0 aliphatic heterocycles. The highest BCUT2D eigenvalue weighted by Gasteiger charge is 2.53. The second-order valence-electron chi connectivity index (χ2n) is 8.14. The Hall–Kier alpha value is -0.0400. The van der Waals surface area contributed by atoms with Gasteiger partial charge >= 0.3 is 0 Å². The van der Waals surface area contributed by atoms with Crippen molar-refractivity contribution in [2.45, 2.75) is 64.7 Å². The van der Waals surface area contributed by atoms with Crippen molar-refractivity contribution in [3.63, 3.8) is 0 Å². The summed E-state index contributed by atoms with van der Waals surface area (Å²) in [5.74, 6) is 2.03. The summed E-state index contributed by atoms with van der Waals surface area (Å²) in [7, 11) is 1.81. The first-order valence-electron chi connectivity index (χ1n) is 9.73. The lowest BCUT2D eigenvalue weighted by atomic mass is 9.83. The number of rotatable bonds is 9. The van der Waals surface area contributed by atoms with Crippen LogP contribution >= 0.6 is 24.0 Å². The summed E-state index contributed by atoms with van der Waals surface area (Å²) in [6, 6.07) is 0. The summed E-state index contributed by atoms with van der Waals surface area (Å²) < 4.78 is 5.34. The normalized spacial score (nSPS) is 24.3. The molecule has 0 bridgehead atoms. The zero-order chi connectivity index (χ0) is 16.2. The van der Waals surface area contributed by atoms with Crippen LogP contribution in [0.1, 0.15) is 64.7 Å². The molecule has 0 amide bonds. The summed E-state index contributed by atoms with van der Waals surface area (Å²) in [5.41, 5.74) is 1.00. The summed E-state index contributed by atoms with van der Waals surface area (Å²) in [6.45, 7) is 6.02.